The van der Waals surface area contributed by atoms with Crippen LogP contribution < -0.4 is 0 Å². The quantitative estimate of drug-likeness (QED) is 0.780. The summed E-state index contributed by atoms with van der Waals surface area (Å²) >= 11 is 5.04. The number of aromatic nitrogens is 2. The van der Waals surface area contributed by atoms with E-state index >= 15 is 0 Å². The van der Waals surface area contributed by atoms with Gasteiger partial charge in [0.15, 0.2) is 0 Å². The molecule has 0 N–H and O–H groups in total. The molecule has 0 aliphatic heterocycles. The number of rotatable bonds is 3. The van der Waals surface area contributed by atoms with Gasteiger partial charge in [-0.25, -0.2) is 4.68 Å². The zero-order valence-electron chi connectivity index (χ0n) is 9.38. The summed E-state index contributed by atoms with van der Waals surface area (Å²) in [5.41, 5.74) is 2.06. The molecule has 0 saturated carbocycles. The first-order chi connectivity index (χ1) is 8.20. The molecule has 0 atom stereocenters. The van der Waals surface area contributed by atoms with Crippen molar-refractivity contribution in [2.45, 2.75) is 19.9 Å². The average molecular weight is 245 g/mol. The highest BCUT2D eigenvalue weighted by Crippen LogP contribution is 2.18. The van der Waals surface area contributed by atoms with Gasteiger partial charge in [-0.15, -0.1) is 5.10 Å². The number of benzene rings is 1. The molecule has 1 aromatic carbocycles. The third kappa shape index (κ3) is 2.60. The van der Waals surface area contributed by atoms with E-state index in [2.05, 4.69) is 11.2 Å². The van der Waals surface area contributed by atoms with Crippen LogP contribution in [0.2, 0.25) is 0 Å². The molecule has 0 radical (unpaired) electrons. The summed E-state index contributed by atoms with van der Waals surface area (Å²) in [5.74, 6) is 0.493. The molecule has 1 heterocycles. The average Bonchev–Trinajstić information content (AvgIpc) is 2.69. The van der Waals surface area contributed by atoms with E-state index < -0.39 is 0 Å². The summed E-state index contributed by atoms with van der Waals surface area (Å²) in [6, 6.07) is 9.90. The highest BCUT2D eigenvalue weighted by atomic mass is 32.1. The number of hydrogen-bond acceptors (Lipinski definition) is 4. The lowest BCUT2D eigenvalue weighted by Crippen LogP contribution is -1.99. The maximum atomic E-state index is 8.52. The minimum absolute atomic E-state index is 0.302. The highest BCUT2D eigenvalue weighted by molar-refractivity contribution is 7.71. The molecule has 0 bridgehead atoms. The molecule has 17 heavy (non-hydrogen) atoms. The normalized spacial score (nSPS) is 10.1. The monoisotopic (exact) mass is 245 g/mol. The third-order valence-electron chi connectivity index (χ3n) is 2.34. The van der Waals surface area contributed by atoms with Gasteiger partial charge >= 0.3 is 0 Å². The van der Waals surface area contributed by atoms with Crippen molar-refractivity contribution in [2.75, 3.05) is 0 Å². The Morgan fingerprint density at radius 2 is 2.12 bits per heavy atom. The van der Waals surface area contributed by atoms with Crippen LogP contribution >= 0.6 is 12.2 Å². The lowest BCUT2D eigenvalue weighted by molar-refractivity contribution is 0.514. The zero-order valence-corrected chi connectivity index (χ0v) is 10.2. The second kappa shape index (κ2) is 4.93. The Hall–Kier alpha value is -1.93. The number of hydrogen-bond donors (Lipinski definition) is 0. The Balaban J connectivity index is 2.31. The number of aryl methyl sites for hydroxylation is 2. The summed E-state index contributed by atoms with van der Waals surface area (Å²) in [5, 5.41) is 12.8. The molecule has 0 saturated heterocycles. The fraction of sp³-hybridized carbons (Fsp3) is 0.250. The van der Waals surface area contributed by atoms with E-state index in [9.17, 15) is 0 Å². The van der Waals surface area contributed by atoms with Crippen LogP contribution in [-0.4, -0.2) is 9.78 Å². The summed E-state index contributed by atoms with van der Waals surface area (Å²) < 4.78 is 6.93. The SMILES string of the molecule is Cc1ccc(-c2nn(CCC#N)c(=S)o2)cc1. The van der Waals surface area contributed by atoms with Gasteiger partial charge in [0.05, 0.1) is 19.0 Å². The van der Waals surface area contributed by atoms with E-state index in [-0.39, 0.29) is 0 Å². The molecule has 2 aromatic rings. The van der Waals surface area contributed by atoms with E-state index in [1.807, 2.05) is 31.2 Å². The second-order valence-electron chi connectivity index (χ2n) is 3.67. The fourth-order valence-electron chi connectivity index (χ4n) is 1.42. The Labute approximate surface area is 104 Å². The van der Waals surface area contributed by atoms with Gasteiger partial charge in [0.1, 0.15) is 0 Å². The number of nitriles is 1. The van der Waals surface area contributed by atoms with Crippen molar-refractivity contribution < 1.29 is 4.42 Å². The van der Waals surface area contributed by atoms with E-state index in [1.54, 1.807) is 0 Å². The van der Waals surface area contributed by atoms with Crippen LogP contribution in [0, 0.1) is 23.1 Å². The Morgan fingerprint density at radius 3 is 2.76 bits per heavy atom. The molecule has 0 fully saturated rings. The Bertz CT molecular complexity index is 604. The molecular weight excluding hydrogens is 234 g/mol. The first-order valence-electron chi connectivity index (χ1n) is 5.22. The van der Waals surface area contributed by atoms with Crippen molar-refractivity contribution >= 4 is 12.2 Å². The molecule has 0 amide bonds. The molecule has 4 nitrogen and oxygen atoms in total. The number of nitrogens with zero attached hydrogens (tertiary/aromatic N) is 3. The molecule has 1 aromatic heterocycles. The Kier molecular flexibility index (Phi) is 3.35. The summed E-state index contributed by atoms with van der Waals surface area (Å²) in [6.45, 7) is 2.48. The van der Waals surface area contributed by atoms with Gasteiger partial charge in [0.2, 0.25) is 5.89 Å². The zero-order chi connectivity index (χ0) is 12.3. The molecule has 0 aliphatic rings. The molecule has 0 aliphatic carbocycles. The first kappa shape index (κ1) is 11.6. The van der Waals surface area contributed by atoms with Crippen molar-refractivity contribution in [1.82, 2.24) is 9.78 Å². The molecule has 86 valence electrons. The predicted molar refractivity (Wildman–Crippen MR) is 65.7 cm³/mol. The lowest BCUT2D eigenvalue weighted by Gasteiger charge is -1.95. The van der Waals surface area contributed by atoms with Gasteiger partial charge in [-0.2, -0.15) is 5.26 Å². The fourth-order valence-corrected chi connectivity index (χ4v) is 1.63. The van der Waals surface area contributed by atoms with Crippen LogP contribution in [0.4, 0.5) is 0 Å². The highest BCUT2D eigenvalue weighted by Gasteiger charge is 2.07. The van der Waals surface area contributed by atoms with Crippen molar-refractivity contribution in [2.24, 2.45) is 0 Å². The molecule has 2 rings (SSSR count). The lowest BCUT2D eigenvalue weighted by atomic mass is 10.1. The van der Waals surface area contributed by atoms with Crippen molar-refractivity contribution in [3.05, 3.63) is 34.7 Å². The maximum Gasteiger partial charge on any atom is 0.287 e. The van der Waals surface area contributed by atoms with Gasteiger partial charge < -0.3 is 4.42 Å². The van der Waals surface area contributed by atoms with Crippen LogP contribution in [0.5, 0.6) is 0 Å². The third-order valence-corrected chi connectivity index (χ3v) is 2.63. The van der Waals surface area contributed by atoms with Crippen LogP contribution in [0.15, 0.2) is 28.7 Å². The Morgan fingerprint density at radius 1 is 1.41 bits per heavy atom. The first-order valence-corrected chi connectivity index (χ1v) is 5.63. The van der Waals surface area contributed by atoms with Crippen LogP contribution in [0.1, 0.15) is 12.0 Å². The van der Waals surface area contributed by atoms with E-state index in [4.69, 9.17) is 21.9 Å². The van der Waals surface area contributed by atoms with Crippen LogP contribution in [-0.2, 0) is 6.54 Å². The molecular formula is C12H11N3OS. The van der Waals surface area contributed by atoms with E-state index in [0.717, 1.165) is 5.56 Å². The largest absolute Gasteiger partial charge is 0.409 e. The van der Waals surface area contributed by atoms with Crippen molar-refractivity contribution in [3.63, 3.8) is 0 Å². The van der Waals surface area contributed by atoms with Crippen LogP contribution in [0.25, 0.3) is 11.5 Å². The van der Waals surface area contributed by atoms with Gasteiger partial charge in [-0.3, -0.25) is 0 Å². The predicted octanol–water partition coefficient (Wildman–Crippen LogP) is 3.09. The van der Waals surface area contributed by atoms with E-state index in [0.29, 0.717) is 23.7 Å². The molecule has 0 spiro atoms. The van der Waals surface area contributed by atoms with Crippen molar-refractivity contribution in [1.29, 1.82) is 5.26 Å². The van der Waals surface area contributed by atoms with Gasteiger partial charge in [-0.1, -0.05) is 17.7 Å². The summed E-state index contributed by atoms with van der Waals surface area (Å²) in [6.07, 6.45) is 0.369. The smallest absolute Gasteiger partial charge is 0.287 e. The van der Waals surface area contributed by atoms with E-state index in [1.165, 1.54) is 10.2 Å². The topological polar surface area (TPSA) is 54.8 Å². The van der Waals surface area contributed by atoms with Gasteiger partial charge in [0.25, 0.3) is 4.84 Å². The maximum absolute atomic E-state index is 8.52. The molecule has 5 heteroatoms. The second-order valence-corrected chi connectivity index (χ2v) is 4.02. The van der Waals surface area contributed by atoms with Gasteiger partial charge in [0, 0.05) is 5.56 Å². The minimum Gasteiger partial charge on any atom is -0.409 e. The standard InChI is InChI=1S/C12H11N3OS/c1-9-3-5-10(6-4-9)11-14-15(8-2-7-13)12(17)16-11/h3-6H,2,8H2,1H3. The molecule has 0 unspecified atom stereocenters. The van der Waals surface area contributed by atoms with Crippen molar-refractivity contribution in [3.8, 4) is 17.5 Å². The van der Waals surface area contributed by atoms with Crippen LogP contribution in [0.3, 0.4) is 0 Å². The minimum atomic E-state index is 0.302. The summed E-state index contributed by atoms with van der Waals surface area (Å²) in [7, 11) is 0. The summed E-state index contributed by atoms with van der Waals surface area (Å²) in [4.78, 5) is 0.302. The van der Waals surface area contributed by atoms with Gasteiger partial charge in [-0.05, 0) is 31.3 Å².